The third kappa shape index (κ3) is 2.33. The standard InChI is InChI=1S/C7H10F3NO2/c1-5-4-13-3-2-11(5)6(12)7(8,9)10/h5H,2-4H2,1H3/t5-/m1/s1. The number of amides is 1. The lowest BCUT2D eigenvalue weighted by atomic mass is 10.2. The van der Waals surface area contributed by atoms with Crippen LogP contribution in [0.15, 0.2) is 0 Å². The van der Waals surface area contributed by atoms with E-state index in [4.69, 9.17) is 4.74 Å². The van der Waals surface area contributed by atoms with Crippen molar-refractivity contribution in [3.05, 3.63) is 0 Å². The predicted molar refractivity (Wildman–Crippen MR) is 38.0 cm³/mol. The Balaban J connectivity index is 2.64. The molecule has 6 heteroatoms. The van der Waals surface area contributed by atoms with Gasteiger partial charge in [0, 0.05) is 6.54 Å². The van der Waals surface area contributed by atoms with E-state index < -0.39 is 18.1 Å². The number of hydrogen-bond acceptors (Lipinski definition) is 2. The summed E-state index contributed by atoms with van der Waals surface area (Å²) in [6.45, 7) is 1.89. The Hall–Kier alpha value is -0.780. The van der Waals surface area contributed by atoms with Crippen LogP contribution in [0.2, 0.25) is 0 Å². The number of rotatable bonds is 0. The van der Waals surface area contributed by atoms with E-state index in [-0.39, 0.29) is 19.8 Å². The van der Waals surface area contributed by atoms with Gasteiger partial charge in [-0.15, -0.1) is 0 Å². The molecule has 1 rings (SSSR count). The fraction of sp³-hybridized carbons (Fsp3) is 0.857. The summed E-state index contributed by atoms with van der Waals surface area (Å²) in [6.07, 6.45) is -4.77. The summed E-state index contributed by atoms with van der Waals surface area (Å²) in [6, 6.07) is -0.497. The summed E-state index contributed by atoms with van der Waals surface area (Å²) in [5.41, 5.74) is 0. The van der Waals surface area contributed by atoms with Crippen LogP contribution in [0.1, 0.15) is 6.92 Å². The Morgan fingerprint density at radius 2 is 2.15 bits per heavy atom. The van der Waals surface area contributed by atoms with Crippen molar-refractivity contribution < 1.29 is 22.7 Å². The second-order valence-electron chi connectivity index (χ2n) is 2.92. The van der Waals surface area contributed by atoms with Gasteiger partial charge >= 0.3 is 12.1 Å². The van der Waals surface area contributed by atoms with E-state index in [0.29, 0.717) is 0 Å². The summed E-state index contributed by atoms with van der Waals surface area (Å²) in [5.74, 6) is -1.77. The first-order chi connectivity index (χ1) is 5.93. The summed E-state index contributed by atoms with van der Waals surface area (Å²) in [4.78, 5) is 11.6. The van der Waals surface area contributed by atoms with Crippen LogP contribution in [-0.4, -0.2) is 42.8 Å². The molecule has 1 amide bonds. The second kappa shape index (κ2) is 3.53. The van der Waals surface area contributed by atoms with Gasteiger partial charge in [0.15, 0.2) is 0 Å². The zero-order valence-corrected chi connectivity index (χ0v) is 7.10. The molecule has 13 heavy (non-hydrogen) atoms. The highest BCUT2D eigenvalue weighted by molar-refractivity contribution is 5.82. The first kappa shape index (κ1) is 10.3. The molecule has 3 nitrogen and oxygen atoms in total. The summed E-state index contributed by atoms with van der Waals surface area (Å²) >= 11 is 0. The molecule has 0 radical (unpaired) electrons. The van der Waals surface area contributed by atoms with Crippen LogP contribution in [0, 0.1) is 0 Å². The molecular formula is C7H10F3NO2. The van der Waals surface area contributed by atoms with Gasteiger partial charge in [0.1, 0.15) is 0 Å². The lowest BCUT2D eigenvalue weighted by Gasteiger charge is -2.33. The average Bonchev–Trinajstić information content (AvgIpc) is 2.02. The highest BCUT2D eigenvalue weighted by Crippen LogP contribution is 2.21. The summed E-state index contributed by atoms with van der Waals surface area (Å²) in [5, 5.41) is 0. The van der Waals surface area contributed by atoms with Crippen molar-refractivity contribution in [2.75, 3.05) is 19.8 Å². The summed E-state index contributed by atoms with van der Waals surface area (Å²) in [7, 11) is 0. The minimum absolute atomic E-state index is 0.0134. The first-order valence-electron chi connectivity index (χ1n) is 3.88. The molecule has 0 aromatic heterocycles. The molecule has 1 atom stereocenters. The number of nitrogens with zero attached hydrogens (tertiary/aromatic N) is 1. The molecule has 1 heterocycles. The fourth-order valence-corrected chi connectivity index (χ4v) is 1.19. The number of hydrogen-bond donors (Lipinski definition) is 0. The van der Waals surface area contributed by atoms with Gasteiger partial charge in [0.2, 0.25) is 0 Å². The first-order valence-corrected chi connectivity index (χ1v) is 3.88. The SMILES string of the molecule is C[C@@H]1COCCN1C(=O)C(F)(F)F. The average molecular weight is 197 g/mol. The van der Waals surface area contributed by atoms with Crippen molar-refractivity contribution in [2.24, 2.45) is 0 Å². The monoisotopic (exact) mass is 197 g/mol. The molecule has 76 valence electrons. The van der Waals surface area contributed by atoms with Crippen molar-refractivity contribution in [3.8, 4) is 0 Å². The van der Waals surface area contributed by atoms with Crippen molar-refractivity contribution in [3.63, 3.8) is 0 Å². The molecule has 1 saturated heterocycles. The smallest absolute Gasteiger partial charge is 0.377 e. The lowest BCUT2D eigenvalue weighted by Crippen LogP contribution is -2.51. The number of carbonyl (C=O) groups is 1. The number of morpholine rings is 1. The Labute approximate surface area is 73.5 Å². The van der Waals surface area contributed by atoms with E-state index in [1.54, 1.807) is 0 Å². The quantitative estimate of drug-likeness (QED) is 0.574. The molecule has 0 aromatic carbocycles. The maximum atomic E-state index is 12.0. The van der Waals surface area contributed by atoms with E-state index >= 15 is 0 Å². The molecule has 0 N–H and O–H groups in total. The van der Waals surface area contributed by atoms with Gasteiger partial charge in [-0.2, -0.15) is 13.2 Å². The molecule has 0 unspecified atom stereocenters. The largest absolute Gasteiger partial charge is 0.471 e. The van der Waals surface area contributed by atoms with Crippen LogP contribution in [0.25, 0.3) is 0 Å². The molecule has 0 aromatic rings. The Kier molecular flexibility index (Phi) is 2.80. The van der Waals surface area contributed by atoms with Crippen LogP contribution in [0.4, 0.5) is 13.2 Å². The van der Waals surface area contributed by atoms with Crippen molar-refractivity contribution >= 4 is 5.91 Å². The molecule has 1 aliphatic heterocycles. The van der Waals surface area contributed by atoms with Gasteiger partial charge in [-0.05, 0) is 6.92 Å². The van der Waals surface area contributed by atoms with Gasteiger partial charge in [-0.25, -0.2) is 0 Å². The van der Waals surface area contributed by atoms with E-state index in [9.17, 15) is 18.0 Å². The fourth-order valence-electron chi connectivity index (χ4n) is 1.19. The predicted octanol–water partition coefficient (Wildman–Crippen LogP) is 0.796. The van der Waals surface area contributed by atoms with Crippen LogP contribution in [0.5, 0.6) is 0 Å². The van der Waals surface area contributed by atoms with Gasteiger partial charge in [-0.3, -0.25) is 4.79 Å². The molecule has 1 aliphatic rings. The minimum atomic E-state index is -4.77. The zero-order valence-electron chi connectivity index (χ0n) is 7.10. The summed E-state index contributed by atoms with van der Waals surface area (Å²) < 4.78 is 40.8. The van der Waals surface area contributed by atoms with Crippen molar-refractivity contribution in [1.29, 1.82) is 0 Å². The third-order valence-corrected chi connectivity index (χ3v) is 1.87. The number of alkyl halides is 3. The highest BCUT2D eigenvalue weighted by Gasteiger charge is 2.44. The number of ether oxygens (including phenoxy) is 1. The zero-order chi connectivity index (χ0) is 10.1. The normalized spacial score (nSPS) is 24.6. The van der Waals surface area contributed by atoms with Crippen LogP contribution in [-0.2, 0) is 9.53 Å². The van der Waals surface area contributed by atoms with Crippen molar-refractivity contribution in [1.82, 2.24) is 4.90 Å². The van der Waals surface area contributed by atoms with Gasteiger partial charge in [0.25, 0.3) is 0 Å². The molecule has 0 bridgehead atoms. The molecular weight excluding hydrogens is 187 g/mol. The van der Waals surface area contributed by atoms with Crippen LogP contribution in [0.3, 0.4) is 0 Å². The Bertz CT molecular complexity index is 204. The maximum absolute atomic E-state index is 12.0. The Morgan fingerprint density at radius 1 is 1.54 bits per heavy atom. The van der Waals surface area contributed by atoms with Gasteiger partial charge in [0.05, 0.1) is 19.3 Å². The molecule has 1 fully saturated rings. The molecule has 0 aliphatic carbocycles. The Morgan fingerprint density at radius 3 is 2.62 bits per heavy atom. The molecule has 0 spiro atoms. The van der Waals surface area contributed by atoms with E-state index in [0.717, 1.165) is 4.90 Å². The molecule has 0 saturated carbocycles. The maximum Gasteiger partial charge on any atom is 0.471 e. The minimum Gasteiger partial charge on any atom is -0.377 e. The number of halogens is 3. The van der Waals surface area contributed by atoms with E-state index in [1.807, 2.05) is 0 Å². The highest BCUT2D eigenvalue weighted by atomic mass is 19.4. The topological polar surface area (TPSA) is 29.5 Å². The van der Waals surface area contributed by atoms with Gasteiger partial charge in [-0.1, -0.05) is 0 Å². The van der Waals surface area contributed by atoms with Crippen molar-refractivity contribution in [2.45, 2.75) is 19.1 Å². The number of carbonyl (C=O) groups excluding carboxylic acids is 1. The third-order valence-electron chi connectivity index (χ3n) is 1.87. The lowest BCUT2D eigenvalue weighted by molar-refractivity contribution is -0.192. The van der Waals surface area contributed by atoms with Crippen LogP contribution < -0.4 is 0 Å². The van der Waals surface area contributed by atoms with E-state index in [2.05, 4.69) is 0 Å². The van der Waals surface area contributed by atoms with Crippen LogP contribution >= 0.6 is 0 Å². The second-order valence-corrected chi connectivity index (χ2v) is 2.92. The van der Waals surface area contributed by atoms with E-state index in [1.165, 1.54) is 6.92 Å². The van der Waals surface area contributed by atoms with Gasteiger partial charge < -0.3 is 9.64 Å².